The Labute approximate surface area is 165 Å². The maximum atomic E-state index is 13.7. The van der Waals surface area contributed by atoms with Crippen molar-refractivity contribution in [3.05, 3.63) is 48.3 Å². The van der Waals surface area contributed by atoms with Crippen molar-refractivity contribution >= 4 is 11.9 Å². The van der Waals surface area contributed by atoms with Crippen LogP contribution in [0.5, 0.6) is 5.75 Å². The van der Waals surface area contributed by atoms with E-state index in [9.17, 15) is 4.79 Å². The van der Waals surface area contributed by atoms with Crippen LogP contribution in [0.25, 0.3) is 0 Å². The summed E-state index contributed by atoms with van der Waals surface area (Å²) in [5, 5.41) is 0. The molecule has 28 heavy (non-hydrogen) atoms. The van der Waals surface area contributed by atoms with Crippen LogP contribution in [0.15, 0.2) is 42.7 Å². The Bertz CT molecular complexity index is 783. The number of piperazine rings is 1. The fraction of sp³-hybridized carbons (Fsp3) is 0.476. The van der Waals surface area contributed by atoms with Crippen molar-refractivity contribution in [2.24, 2.45) is 0 Å². The number of amides is 1. The molecule has 4 rings (SSSR count). The van der Waals surface area contributed by atoms with E-state index in [1.807, 2.05) is 35.2 Å². The normalized spacial score (nSPS) is 19.3. The van der Waals surface area contributed by atoms with Gasteiger partial charge in [0.15, 0.2) is 0 Å². The van der Waals surface area contributed by atoms with Gasteiger partial charge in [0.05, 0.1) is 12.5 Å². The molecule has 0 saturated carbocycles. The van der Waals surface area contributed by atoms with Crippen LogP contribution in [0.2, 0.25) is 0 Å². The lowest BCUT2D eigenvalue weighted by Crippen LogP contribution is -2.56. The summed E-state index contributed by atoms with van der Waals surface area (Å²) in [6.07, 6.45) is 4.92. The molecule has 1 aromatic heterocycles. The van der Waals surface area contributed by atoms with Crippen LogP contribution < -0.4 is 9.64 Å². The highest BCUT2D eigenvalue weighted by atomic mass is 16.5. The number of hydrogen-bond acceptors (Lipinski definition) is 6. The third-order valence-electron chi connectivity index (χ3n) is 5.80. The molecule has 2 saturated heterocycles. The van der Waals surface area contributed by atoms with Crippen LogP contribution in [-0.4, -0.2) is 67.3 Å². The molecule has 1 amide bonds. The van der Waals surface area contributed by atoms with Gasteiger partial charge in [-0.3, -0.25) is 4.79 Å². The minimum absolute atomic E-state index is 0.203. The van der Waals surface area contributed by atoms with E-state index in [-0.39, 0.29) is 5.91 Å². The Balaban J connectivity index is 1.52. The fourth-order valence-corrected chi connectivity index (χ4v) is 4.12. The van der Waals surface area contributed by atoms with Gasteiger partial charge in [0.2, 0.25) is 11.9 Å². The number of aromatic nitrogens is 2. The maximum absolute atomic E-state index is 13.7. The third-order valence-corrected chi connectivity index (χ3v) is 5.80. The van der Waals surface area contributed by atoms with E-state index in [2.05, 4.69) is 14.9 Å². The first kappa shape index (κ1) is 18.7. The Morgan fingerprint density at radius 3 is 2.29 bits per heavy atom. The molecule has 148 valence electrons. The van der Waals surface area contributed by atoms with Gasteiger partial charge in [-0.2, -0.15) is 0 Å². The number of rotatable bonds is 4. The minimum atomic E-state index is -0.518. The number of hydrogen-bond donors (Lipinski definition) is 0. The van der Waals surface area contributed by atoms with Crippen LogP contribution in [-0.2, 0) is 14.9 Å². The van der Waals surface area contributed by atoms with Gasteiger partial charge in [0, 0.05) is 51.8 Å². The molecule has 0 radical (unpaired) electrons. The Morgan fingerprint density at radius 2 is 1.68 bits per heavy atom. The molecule has 2 aliphatic heterocycles. The second kappa shape index (κ2) is 8.14. The SMILES string of the molecule is COc1ccc(C2(C(=O)N3CCN(c4ncccn4)CC3)CCOCC2)cc1. The van der Waals surface area contributed by atoms with Gasteiger partial charge in [0.1, 0.15) is 5.75 Å². The summed E-state index contributed by atoms with van der Waals surface area (Å²) in [5.74, 6) is 1.73. The Morgan fingerprint density at radius 1 is 1.04 bits per heavy atom. The molecule has 2 fully saturated rings. The molecule has 1 aromatic carbocycles. The number of carbonyl (C=O) groups excluding carboxylic acids is 1. The zero-order valence-electron chi connectivity index (χ0n) is 16.2. The molecule has 7 nitrogen and oxygen atoms in total. The number of benzene rings is 1. The van der Waals surface area contributed by atoms with E-state index in [0.29, 0.717) is 39.1 Å². The maximum Gasteiger partial charge on any atom is 0.233 e. The van der Waals surface area contributed by atoms with Crippen molar-refractivity contribution in [2.75, 3.05) is 51.4 Å². The second-order valence-electron chi connectivity index (χ2n) is 7.25. The Hall–Kier alpha value is -2.67. The summed E-state index contributed by atoms with van der Waals surface area (Å²) in [7, 11) is 1.65. The summed E-state index contributed by atoms with van der Waals surface area (Å²) < 4.78 is 10.9. The first-order valence-corrected chi connectivity index (χ1v) is 9.76. The van der Waals surface area contributed by atoms with E-state index in [4.69, 9.17) is 9.47 Å². The van der Waals surface area contributed by atoms with Crippen LogP contribution in [0.3, 0.4) is 0 Å². The quantitative estimate of drug-likeness (QED) is 0.804. The second-order valence-corrected chi connectivity index (χ2v) is 7.25. The average molecular weight is 382 g/mol. The number of ether oxygens (including phenoxy) is 2. The highest BCUT2D eigenvalue weighted by molar-refractivity contribution is 5.88. The minimum Gasteiger partial charge on any atom is -0.497 e. The van der Waals surface area contributed by atoms with Crippen molar-refractivity contribution in [1.82, 2.24) is 14.9 Å². The molecule has 0 atom stereocenters. The van der Waals surface area contributed by atoms with Crippen molar-refractivity contribution < 1.29 is 14.3 Å². The molecule has 2 aromatic rings. The summed E-state index contributed by atoms with van der Waals surface area (Å²) >= 11 is 0. The van der Waals surface area contributed by atoms with Crippen molar-refractivity contribution in [3.63, 3.8) is 0 Å². The van der Waals surface area contributed by atoms with Crippen LogP contribution in [0.1, 0.15) is 18.4 Å². The predicted octanol–water partition coefficient (Wildman–Crippen LogP) is 1.88. The largest absolute Gasteiger partial charge is 0.497 e. The van der Waals surface area contributed by atoms with Crippen LogP contribution in [0, 0.1) is 0 Å². The Kier molecular flexibility index (Phi) is 5.43. The highest BCUT2D eigenvalue weighted by Crippen LogP contribution is 2.38. The lowest BCUT2D eigenvalue weighted by molar-refractivity contribution is -0.141. The molecule has 7 heteroatoms. The molecule has 0 spiro atoms. The van der Waals surface area contributed by atoms with Crippen LogP contribution in [0.4, 0.5) is 5.95 Å². The molecule has 0 unspecified atom stereocenters. The zero-order chi connectivity index (χ0) is 19.4. The monoisotopic (exact) mass is 382 g/mol. The standard InChI is InChI=1S/C21H26N4O3/c1-27-18-5-3-17(4-6-18)21(7-15-28-16-8-21)19(26)24-11-13-25(14-12-24)20-22-9-2-10-23-20/h2-6,9-10H,7-8,11-16H2,1H3. The molecular weight excluding hydrogens is 356 g/mol. The molecule has 2 aliphatic rings. The van der Waals surface area contributed by atoms with Crippen molar-refractivity contribution in [1.29, 1.82) is 0 Å². The first-order valence-electron chi connectivity index (χ1n) is 9.76. The first-order chi connectivity index (χ1) is 13.7. The van der Waals surface area contributed by atoms with Gasteiger partial charge in [-0.1, -0.05) is 12.1 Å². The summed E-state index contributed by atoms with van der Waals surface area (Å²) in [5.41, 5.74) is 0.533. The van der Waals surface area contributed by atoms with E-state index >= 15 is 0 Å². The zero-order valence-corrected chi connectivity index (χ0v) is 16.2. The number of carbonyl (C=O) groups is 1. The van der Waals surface area contributed by atoms with Gasteiger partial charge < -0.3 is 19.3 Å². The lowest BCUT2D eigenvalue weighted by atomic mass is 9.73. The van der Waals surface area contributed by atoms with Gasteiger partial charge in [-0.05, 0) is 36.6 Å². The molecule has 0 aliphatic carbocycles. The molecule has 0 bridgehead atoms. The number of methoxy groups -OCH3 is 1. The van der Waals surface area contributed by atoms with E-state index in [0.717, 1.165) is 30.4 Å². The van der Waals surface area contributed by atoms with Crippen molar-refractivity contribution in [2.45, 2.75) is 18.3 Å². The van der Waals surface area contributed by atoms with Gasteiger partial charge in [-0.25, -0.2) is 9.97 Å². The predicted molar refractivity (Wildman–Crippen MR) is 106 cm³/mol. The third kappa shape index (κ3) is 3.54. The number of nitrogens with zero attached hydrogens (tertiary/aromatic N) is 4. The molecular formula is C21H26N4O3. The lowest BCUT2D eigenvalue weighted by Gasteiger charge is -2.43. The fourth-order valence-electron chi connectivity index (χ4n) is 4.12. The summed E-state index contributed by atoms with van der Waals surface area (Å²) in [4.78, 5) is 26.4. The smallest absolute Gasteiger partial charge is 0.233 e. The topological polar surface area (TPSA) is 67.8 Å². The van der Waals surface area contributed by atoms with Crippen LogP contribution >= 0.6 is 0 Å². The average Bonchev–Trinajstić information content (AvgIpc) is 2.80. The highest BCUT2D eigenvalue weighted by Gasteiger charge is 2.44. The van der Waals surface area contributed by atoms with Gasteiger partial charge >= 0.3 is 0 Å². The van der Waals surface area contributed by atoms with Gasteiger partial charge in [0.25, 0.3) is 0 Å². The van der Waals surface area contributed by atoms with E-state index in [1.54, 1.807) is 19.5 Å². The van der Waals surface area contributed by atoms with E-state index in [1.165, 1.54) is 0 Å². The summed E-state index contributed by atoms with van der Waals surface area (Å²) in [6.45, 7) is 4.05. The van der Waals surface area contributed by atoms with Crippen molar-refractivity contribution in [3.8, 4) is 5.75 Å². The van der Waals surface area contributed by atoms with Gasteiger partial charge in [-0.15, -0.1) is 0 Å². The summed E-state index contributed by atoms with van der Waals surface area (Å²) in [6, 6.07) is 9.73. The van der Waals surface area contributed by atoms with E-state index < -0.39 is 5.41 Å². The molecule has 0 N–H and O–H groups in total. The number of anilines is 1. The molecule has 3 heterocycles.